The molecule has 0 aliphatic carbocycles. The summed E-state index contributed by atoms with van der Waals surface area (Å²) in [5, 5.41) is 9.19. The van der Waals surface area contributed by atoms with Crippen molar-refractivity contribution in [2.45, 2.75) is 0 Å². The number of aromatic nitrogens is 2. The van der Waals surface area contributed by atoms with Crippen LogP contribution in [0.5, 0.6) is 5.75 Å². The third-order valence-corrected chi connectivity index (χ3v) is 2.24. The van der Waals surface area contributed by atoms with E-state index in [2.05, 4.69) is 15.5 Å². The van der Waals surface area contributed by atoms with E-state index in [9.17, 15) is 4.79 Å². The molecule has 0 aliphatic heterocycles. The fraction of sp³-hybridized carbons (Fsp3) is 0.0909. The van der Waals surface area contributed by atoms with Crippen LogP contribution in [0, 0.1) is 0 Å². The fourth-order valence-electron chi connectivity index (χ4n) is 1.49. The van der Waals surface area contributed by atoms with Crippen LogP contribution in [-0.2, 0) is 4.79 Å². The monoisotopic (exact) mass is 217 g/mol. The summed E-state index contributed by atoms with van der Waals surface area (Å²) in [5.41, 5.74) is 2.56. The van der Waals surface area contributed by atoms with Crippen LogP contribution in [0.4, 0.5) is 5.69 Å². The zero-order valence-corrected chi connectivity index (χ0v) is 8.73. The number of hydrogen-bond donors (Lipinski definition) is 2. The van der Waals surface area contributed by atoms with Crippen molar-refractivity contribution in [3.63, 3.8) is 0 Å². The van der Waals surface area contributed by atoms with Crippen molar-refractivity contribution in [3.8, 4) is 16.9 Å². The molecule has 2 aromatic rings. The summed E-state index contributed by atoms with van der Waals surface area (Å²) in [6.45, 7) is 0. The first kappa shape index (κ1) is 10.2. The first-order chi connectivity index (χ1) is 7.85. The lowest BCUT2D eigenvalue weighted by Gasteiger charge is -2.08. The Balaban J connectivity index is 2.43. The molecule has 82 valence electrons. The van der Waals surface area contributed by atoms with E-state index in [1.54, 1.807) is 31.6 Å². The molecule has 2 N–H and O–H groups in total. The number of aromatic amines is 1. The Kier molecular flexibility index (Phi) is 2.86. The minimum absolute atomic E-state index is 0.631. The van der Waals surface area contributed by atoms with Crippen LogP contribution < -0.4 is 10.1 Å². The fourth-order valence-corrected chi connectivity index (χ4v) is 1.49. The molecule has 1 amide bonds. The standard InChI is InChI=1S/C11H11N3O2/c1-16-11-4-9(12-7-15)2-3-10(11)8-5-13-14-6-8/h2-7H,1H3,(H,12,15)(H,13,14). The van der Waals surface area contributed by atoms with E-state index in [0.29, 0.717) is 17.8 Å². The van der Waals surface area contributed by atoms with Gasteiger partial charge in [0, 0.05) is 29.1 Å². The maximum absolute atomic E-state index is 10.3. The number of carbonyl (C=O) groups is 1. The number of rotatable bonds is 4. The Labute approximate surface area is 92.4 Å². The second-order valence-corrected chi connectivity index (χ2v) is 3.16. The van der Waals surface area contributed by atoms with E-state index >= 15 is 0 Å². The van der Waals surface area contributed by atoms with E-state index in [0.717, 1.165) is 11.1 Å². The van der Waals surface area contributed by atoms with Crippen molar-refractivity contribution in [1.29, 1.82) is 0 Å². The second kappa shape index (κ2) is 4.48. The third-order valence-electron chi connectivity index (χ3n) is 2.24. The topological polar surface area (TPSA) is 67.0 Å². The molecule has 0 unspecified atom stereocenters. The molecule has 1 aromatic carbocycles. The maximum atomic E-state index is 10.3. The molecular formula is C11H11N3O2. The van der Waals surface area contributed by atoms with Gasteiger partial charge in [-0.25, -0.2) is 0 Å². The highest BCUT2D eigenvalue weighted by atomic mass is 16.5. The van der Waals surface area contributed by atoms with Gasteiger partial charge in [0.15, 0.2) is 0 Å². The predicted octanol–water partition coefficient (Wildman–Crippen LogP) is 1.65. The Hall–Kier alpha value is -2.30. The summed E-state index contributed by atoms with van der Waals surface area (Å²) in [7, 11) is 1.59. The predicted molar refractivity (Wildman–Crippen MR) is 60.3 cm³/mol. The smallest absolute Gasteiger partial charge is 0.211 e. The summed E-state index contributed by atoms with van der Waals surface area (Å²) < 4.78 is 5.26. The van der Waals surface area contributed by atoms with Gasteiger partial charge in [0.25, 0.3) is 0 Å². The molecule has 0 atom stereocenters. The Morgan fingerprint density at radius 3 is 3.00 bits per heavy atom. The summed E-state index contributed by atoms with van der Waals surface area (Å²) in [6, 6.07) is 5.44. The van der Waals surface area contributed by atoms with Crippen LogP contribution >= 0.6 is 0 Å². The lowest BCUT2D eigenvalue weighted by molar-refractivity contribution is -0.105. The molecule has 16 heavy (non-hydrogen) atoms. The van der Waals surface area contributed by atoms with Gasteiger partial charge < -0.3 is 10.1 Å². The summed E-state index contributed by atoms with van der Waals surface area (Å²) in [6.07, 6.45) is 4.13. The molecule has 0 fully saturated rings. The van der Waals surface area contributed by atoms with E-state index in [4.69, 9.17) is 4.74 Å². The zero-order valence-electron chi connectivity index (χ0n) is 8.73. The first-order valence-electron chi connectivity index (χ1n) is 4.72. The van der Waals surface area contributed by atoms with Crippen molar-refractivity contribution >= 4 is 12.1 Å². The molecular weight excluding hydrogens is 206 g/mol. The van der Waals surface area contributed by atoms with Crippen LogP contribution in [0.25, 0.3) is 11.1 Å². The highest BCUT2D eigenvalue weighted by Gasteiger charge is 2.07. The van der Waals surface area contributed by atoms with Gasteiger partial charge >= 0.3 is 0 Å². The quantitative estimate of drug-likeness (QED) is 0.765. The van der Waals surface area contributed by atoms with E-state index in [1.165, 1.54) is 0 Å². The van der Waals surface area contributed by atoms with Crippen molar-refractivity contribution in [3.05, 3.63) is 30.6 Å². The van der Waals surface area contributed by atoms with Crippen molar-refractivity contribution in [2.75, 3.05) is 12.4 Å². The molecule has 1 aromatic heterocycles. The number of benzene rings is 1. The number of H-pyrrole nitrogens is 1. The molecule has 5 heteroatoms. The summed E-state index contributed by atoms with van der Waals surface area (Å²) in [4.78, 5) is 10.3. The van der Waals surface area contributed by atoms with Gasteiger partial charge in [-0.2, -0.15) is 5.10 Å². The summed E-state index contributed by atoms with van der Waals surface area (Å²) in [5.74, 6) is 0.688. The average Bonchev–Trinajstić information content (AvgIpc) is 2.83. The number of carbonyl (C=O) groups excluding carboxylic acids is 1. The molecule has 0 bridgehead atoms. The summed E-state index contributed by atoms with van der Waals surface area (Å²) >= 11 is 0. The van der Waals surface area contributed by atoms with Crippen LogP contribution in [0.1, 0.15) is 0 Å². The molecule has 0 saturated carbocycles. The van der Waals surface area contributed by atoms with Crippen LogP contribution in [0.3, 0.4) is 0 Å². The minimum atomic E-state index is 0.631. The molecule has 0 spiro atoms. The molecule has 0 radical (unpaired) electrons. The van der Waals surface area contributed by atoms with Crippen LogP contribution in [-0.4, -0.2) is 23.7 Å². The van der Waals surface area contributed by atoms with Crippen molar-refractivity contribution < 1.29 is 9.53 Å². The van der Waals surface area contributed by atoms with Gasteiger partial charge in [-0.05, 0) is 12.1 Å². The first-order valence-corrected chi connectivity index (χ1v) is 4.72. The van der Waals surface area contributed by atoms with Crippen molar-refractivity contribution in [1.82, 2.24) is 10.2 Å². The van der Waals surface area contributed by atoms with Gasteiger partial charge in [0.2, 0.25) is 6.41 Å². The highest BCUT2D eigenvalue weighted by Crippen LogP contribution is 2.31. The molecule has 2 rings (SSSR count). The largest absolute Gasteiger partial charge is 0.496 e. The van der Waals surface area contributed by atoms with Crippen molar-refractivity contribution in [2.24, 2.45) is 0 Å². The Bertz CT molecular complexity index is 480. The number of nitrogens with one attached hydrogen (secondary N) is 2. The van der Waals surface area contributed by atoms with Gasteiger partial charge in [0.1, 0.15) is 5.75 Å². The number of nitrogens with zero attached hydrogens (tertiary/aromatic N) is 1. The van der Waals surface area contributed by atoms with Crippen LogP contribution in [0.15, 0.2) is 30.6 Å². The Morgan fingerprint density at radius 1 is 1.50 bits per heavy atom. The molecule has 0 aliphatic rings. The van der Waals surface area contributed by atoms with E-state index in [-0.39, 0.29) is 0 Å². The highest BCUT2D eigenvalue weighted by molar-refractivity contribution is 5.77. The molecule has 1 heterocycles. The van der Waals surface area contributed by atoms with Gasteiger partial charge in [-0.1, -0.05) is 0 Å². The average molecular weight is 217 g/mol. The number of amides is 1. The SMILES string of the molecule is COc1cc(NC=O)ccc1-c1cn[nH]c1. The minimum Gasteiger partial charge on any atom is -0.496 e. The molecule has 0 saturated heterocycles. The van der Waals surface area contributed by atoms with E-state index in [1.807, 2.05) is 6.07 Å². The number of hydrogen-bond acceptors (Lipinski definition) is 3. The number of anilines is 1. The van der Waals surface area contributed by atoms with E-state index < -0.39 is 0 Å². The van der Waals surface area contributed by atoms with Gasteiger partial charge in [0.05, 0.1) is 13.3 Å². The zero-order chi connectivity index (χ0) is 11.4. The number of ether oxygens (including phenoxy) is 1. The maximum Gasteiger partial charge on any atom is 0.211 e. The van der Waals surface area contributed by atoms with Crippen LogP contribution in [0.2, 0.25) is 0 Å². The van der Waals surface area contributed by atoms with Gasteiger partial charge in [-0.3, -0.25) is 9.89 Å². The lowest BCUT2D eigenvalue weighted by Crippen LogP contribution is -1.95. The third kappa shape index (κ3) is 1.88. The lowest BCUT2D eigenvalue weighted by atomic mass is 10.1. The van der Waals surface area contributed by atoms with Gasteiger partial charge in [-0.15, -0.1) is 0 Å². The molecule has 5 nitrogen and oxygen atoms in total. The Morgan fingerprint density at radius 2 is 2.38 bits per heavy atom. The second-order valence-electron chi connectivity index (χ2n) is 3.16. The normalized spacial score (nSPS) is 9.81. The number of methoxy groups -OCH3 is 1.